The second-order valence-corrected chi connectivity index (χ2v) is 6.62. The van der Waals surface area contributed by atoms with Gasteiger partial charge in [-0.2, -0.15) is 0 Å². The first kappa shape index (κ1) is 12.4. The summed E-state index contributed by atoms with van der Waals surface area (Å²) in [5.41, 5.74) is 1.06. The maximum Gasteiger partial charge on any atom is 0.184 e. The van der Waals surface area contributed by atoms with E-state index in [4.69, 9.17) is 4.74 Å². The lowest BCUT2D eigenvalue weighted by molar-refractivity contribution is 0.0232. The van der Waals surface area contributed by atoms with Crippen molar-refractivity contribution in [2.45, 2.75) is 31.9 Å². The summed E-state index contributed by atoms with van der Waals surface area (Å²) in [6, 6.07) is 6.68. The van der Waals surface area contributed by atoms with Crippen molar-refractivity contribution in [3.8, 4) is 0 Å². The van der Waals surface area contributed by atoms with Gasteiger partial charge in [-0.05, 0) is 38.0 Å². The third kappa shape index (κ3) is 2.68. The van der Waals surface area contributed by atoms with Gasteiger partial charge in [-0.3, -0.25) is 0 Å². The predicted molar refractivity (Wildman–Crippen MR) is 79.4 cm³/mol. The Kier molecular flexibility index (Phi) is 3.54. The van der Waals surface area contributed by atoms with Gasteiger partial charge in [0.1, 0.15) is 0 Å². The largest absolute Gasteiger partial charge is 0.378 e. The molecule has 1 aliphatic heterocycles. The Labute approximate surface area is 119 Å². The van der Waals surface area contributed by atoms with Crippen LogP contribution in [-0.4, -0.2) is 23.7 Å². The zero-order valence-electron chi connectivity index (χ0n) is 10.1. The Hall–Kier alpha value is -0.650. The Morgan fingerprint density at radius 3 is 3.22 bits per heavy atom. The lowest BCUT2D eigenvalue weighted by Gasteiger charge is -2.27. The van der Waals surface area contributed by atoms with E-state index in [2.05, 4.69) is 39.2 Å². The first-order valence-electron chi connectivity index (χ1n) is 6.15. The molecule has 1 fully saturated rings. The van der Waals surface area contributed by atoms with Gasteiger partial charge >= 0.3 is 0 Å². The van der Waals surface area contributed by atoms with Crippen molar-refractivity contribution in [1.29, 1.82) is 0 Å². The van der Waals surface area contributed by atoms with Crippen molar-refractivity contribution in [3.63, 3.8) is 0 Å². The number of aromatic nitrogens is 1. The summed E-state index contributed by atoms with van der Waals surface area (Å²) in [6.45, 7) is 2.97. The predicted octanol–water partition coefficient (Wildman–Crippen LogP) is 4.04. The van der Waals surface area contributed by atoms with Crippen LogP contribution in [0, 0.1) is 0 Å². The molecule has 2 heterocycles. The number of rotatable bonds is 2. The Bertz CT molecular complexity index is 557. The van der Waals surface area contributed by atoms with Crippen LogP contribution in [0.2, 0.25) is 0 Å². The first-order valence-corrected chi connectivity index (χ1v) is 7.76. The van der Waals surface area contributed by atoms with Crippen molar-refractivity contribution in [2.24, 2.45) is 0 Å². The molecule has 3 rings (SSSR count). The number of benzene rings is 1. The first-order chi connectivity index (χ1) is 8.70. The van der Waals surface area contributed by atoms with Crippen molar-refractivity contribution >= 4 is 42.6 Å². The van der Waals surface area contributed by atoms with Gasteiger partial charge < -0.3 is 10.1 Å². The summed E-state index contributed by atoms with van der Waals surface area (Å²) in [5, 5.41) is 4.55. The van der Waals surface area contributed by atoms with E-state index in [1.54, 1.807) is 11.3 Å². The van der Waals surface area contributed by atoms with E-state index in [0.717, 1.165) is 34.6 Å². The molecule has 1 N–H and O–H groups in total. The Morgan fingerprint density at radius 1 is 1.50 bits per heavy atom. The number of thiazole rings is 1. The van der Waals surface area contributed by atoms with Gasteiger partial charge in [0.2, 0.25) is 0 Å². The van der Waals surface area contributed by atoms with Crippen molar-refractivity contribution < 1.29 is 4.74 Å². The number of halogens is 1. The van der Waals surface area contributed by atoms with E-state index in [-0.39, 0.29) is 0 Å². The minimum Gasteiger partial charge on any atom is -0.378 e. The van der Waals surface area contributed by atoms with Crippen LogP contribution in [0.15, 0.2) is 22.7 Å². The van der Waals surface area contributed by atoms with Crippen LogP contribution in [0.25, 0.3) is 10.2 Å². The third-order valence-electron chi connectivity index (χ3n) is 3.16. The average molecular weight is 327 g/mol. The fourth-order valence-corrected chi connectivity index (χ4v) is 3.76. The highest BCUT2D eigenvalue weighted by Gasteiger charge is 2.20. The fourth-order valence-electron chi connectivity index (χ4n) is 2.26. The Morgan fingerprint density at radius 2 is 2.39 bits per heavy atom. The quantitative estimate of drug-likeness (QED) is 0.904. The van der Waals surface area contributed by atoms with Gasteiger partial charge in [0, 0.05) is 17.1 Å². The molecule has 96 valence electrons. The summed E-state index contributed by atoms with van der Waals surface area (Å²) in [7, 11) is 0. The molecular weight excluding hydrogens is 312 g/mol. The SMILES string of the molecule is CC1CC(Nc2nc3ccc(Br)cc3s2)CCO1. The zero-order valence-corrected chi connectivity index (χ0v) is 12.6. The molecule has 1 aromatic heterocycles. The van der Waals surface area contributed by atoms with Crippen LogP contribution in [0.5, 0.6) is 0 Å². The van der Waals surface area contributed by atoms with Crippen LogP contribution >= 0.6 is 27.3 Å². The van der Waals surface area contributed by atoms with Gasteiger partial charge in [0.15, 0.2) is 5.13 Å². The van der Waals surface area contributed by atoms with Gasteiger partial charge in [0.05, 0.1) is 16.3 Å². The van der Waals surface area contributed by atoms with Crippen molar-refractivity contribution in [3.05, 3.63) is 22.7 Å². The highest BCUT2D eigenvalue weighted by Crippen LogP contribution is 2.30. The molecule has 3 nitrogen and oxygen atoms in total. The minimum atomic E-state index is 0.347. The molecule has 0 amide bonds. The summed E-state index contributed by atoms with van der Waals surface area (Å²) in [4.78, 5) is 4.62. The smallest absolute Gasteiger partial charge is 0.184 e. The molecule has 2 unspecified atom stereocenters. The summed E-state index contributed by atoms with van der Waals surface area (Å²) >= 11 is 5.20. The van der Waals surface area contributed by atoms with Gasteiger partial charge in [-0.1, -0.05) is 27.3 Å². The van der Waals surface area contributed by atoms with Crippen LogP contribution in [-0.2, 0) is 4.74 Å². The van der Waals surface area contributed by atoms with E-state index < -0.39 is 0 Å². The maximum absolute atomic E-state index is 5.56. The van der Waals surface area contributed by atoms with Crippen LogP contribution < -0.4 is 5.32 Å². The number of hydrogen-bond donors (Lipinski definition) is 1. The molecule has 2 aromatic rings. The summed E-state index contributed by atoms with van der Waals surface area (Å²) in [6.07, 6.45) is 2.46. The number of hydrogen-bond acceptors (Lipinski definition) is 4. The molecule has 18 heavy (non-hydrogen) atoms. The van der Waals surface area contributed by atoms with Gasteiger partial charge in [0.25, 0.3) is 0 Å². The molecule has 1 saturated heterocycles. The number of nitrogens with zero attached hydrogens (tertiary/aromatic N) is 1. The minimum absolute atomic E-state index is 0.347. The average Bonchev–Trinajstić information content (AvgIpc) is 2.70. The monoisotopic (exact) mass is 326 g/mol. The zero-order chi connectivity index (χ0) is 12.5. The lowest BCUT2D eigenvalue weighted by atomic mass is 10.1. The van der Waals surface area contributed by atoms with E-state index in [1.807, 2.05) is 12.1 Å². The number of ether oxygens (including phenoxy) is 1. The molecule has 1 aliphatic rings. The molecule has 0 bridgehead atoms. The molecule has 0 aliphatic carbocycles. The number of fused-ring (bicyclic) bond motifs is 1. The van der Waals surface area contributed by atoms with Crippen molar-refractivity contribution in [2.75, 3.05) is 11.9 Å². The molecule has 0 spiro atoms. The normalized spacial score (nSPS) is 24.3. The molecule has 1 aromatic carbocycles. The van der Waals surface area contributed by atoms with Gasteiger partial charge in [-0.15, -0.1) is 0 Å². The van der Waals surface area contributed by atoms with E-state index in [0.29, 0.717) is 12.1 Å². The lowest BCUT2D eigenvalue weighted by Crippen LogP contribution is -2.32. The van der Waals surface area contributed by atoms with Crippen LogP contribution in [0.4, 0.5) is 5.13 Å². The van der Waals surface area contributed by atoms with Crippen molar-refractivity contribution in [1.82, 2.24) is 4.98 Å². The maximum atomic E-state index is 5.56. The van der Waals surface area contributed by atoms with E-state index >= 15 is 0 Å². The molecular formula is C13H15BrN2OS. The fraction of sp³-hybridized carbons (Fsp3) is 0.462. The summed E-state index contributed by atoms with van der Waals surface area (Å²) in [5.74, 6) is 0. The number of anilines is 1. The highest BCUT2D eigenvalue weighted by molar-refractivity contribution is 9.10. The van der Waals surface area contributed by atoms with Crippen LogP contribution in [0.3, 0.4) is 0 Å². The molecule has 2 atom stereocenters. The topological polar surface area (TPSA) is 34.2 Å². The second kappa shape index (κ2) is 5.15. The summed E-state index contributed by atoms with van der Waals surface area (Å²) < 4.78 is 7.87. The third-order valence-corrected chi connectivity index (χ3v) is 4.61. The van der Waals surface area contributed by atoms with Gasteiger partial charge in [-0.25, -0.2) is 4.98 Å². The van der Waals surface area contributed by atoms with E-state index in [1.165, 1.54) is 4.70 Å². The number of nitrogens with one attached hydrogen (secondary N) is 1. The van der Waals surface area contributed by atoms with Crippen LogP contribution in [0.1, 0.15) is 19.8 Å². The molecule has 5 heteroatoms. The molecule has 0 saturated carbocycles. The standard InChI is InChI=1S/C13H15BrN2OS/c1-8-6-10(4-5-17-8)15-13-16-11-3-2-9(14)7-12(11)18-13/h2-3,7-8,10H,4-6H2,1H3,(H,15,16). The highest BCUT2D eigenvalue weighted by atomic mass is 79.9. The second-order valence-electron chi connectivity index (χ2n) is 4.68. The van der Waals surface area contributed by atoms with E-state index in [9.17, 15) is 0 Å². The Balaban J connectivity index is 1.78. The molecule has 0 radical (unpaired) electrons.